The van der Waals surface area contributed by atoms with Crippen LogP contribution >= 0.6 is 22.7 Å². The molecule has 0 saturated carbocycles. The van der Waals surface area contributed by atoms with Gasteiger partial charge in [0.15, 0.2) is 10.3 Å². The Hall–Kier alpha value is -2.32. The number of hydrogen-bond acceptors (Lipinski definition) is 7. The number of nitrogens with two attached hydrogens (primary N) is 1. The zero-order chi connectivity index (χ0) is 14.8. The van der Waals surface area contributed by atoms with Crippen molar-refractivity contribution in [3.63, 3.8) is 0 Å². The summed E-state index contributed by atoms with van der Waals surface area (Å²) in [5.41, 5.74) is 7.73. The Labute approximate surface area is 128 Å². The lowest BCUT2D eigenvalue weighted by Gasteiger charge is -1.99. The van der Waals surface area contributed by atoms with E-state index in [1.54, 1.807) is 18.3 Å². The molecule has 3 rings (SSSR count). The van der Waals surface area contributed by atoms with Gasteiger partial charge in [-0.25, -0.2) is 9.97 Å². The first kappa shape index (κ1) is 13.7. The Morgan fingerprint density at radius 1 is 1.38 bits per heavy atom. The minimum absolute atomic E-state index is 0.235. The second-order valence-corrected chi connectivity index (χ2v) is 6.09. The molecular weight excluding hydrogens is 306 g/mol. The fourth-order valence-electron chi connectivity index (χ4n) is 1.75. The van der Waals surface area contributed by atoms with Crippen LogP contribution in [-0.4, -0.2) is 20.9 Å². The number of aryl methyl sites for hydroxylation is 1. The molecule has 3 N–H and O–H groups in total. The highest BCUT2D eigenvalue weighted by Gasteiger charge is 2.14. The smallest absolute Gasteiger partial charge is 0.259 e. The number of nitrogens with zero attached hydrogens (tertiary/aromatic N) is 3. The Kier molecular flexibility index (Phi) is 3.63. The first-order valence-electron chi connectivity index (χ1n) is 6.03. The van der Waals surface area contributed by atoms with Crippen molar-refractivity contribution in [1.29, 1.82) is 0 Å². The van der Waals surface area contributed by atoms with Crippen molar-refractivity contribution in [3.05, 3.63) is 41.2 Å². The molecule has 0 radical (unpaired) electrons. The normalized spacial score (nSPS) is 10.5. The van der Waals surface area contributed by atoms with E-state index in [0.717, 1.165) is 16.3 Å². The van der Waals surface area contributed by atoms with Crippen molar-refractivity contribution < 1.29 is 4.79 Å². The molecule has 0 unspecified atom stereocenters. The van der Waals surface area contributed by atoms with Crippen LogP contribution in [0.3, 0.4) is 0 Å². The van der Waals surface area contributed by atoms with Crippen molar-refractivity contribution in [2.24, 2.45) is 0 Å². The SMILES string of the molecule is Cc1nc(NC(=O)c2cccnc2)sc1-c1csc(N)n1. The molecule has 3 aromatic heterocycles. The van der Waals surface area contributed by atoms with Crippen LogP contribution in [-0.2, 0) is 0 Å². The van der Waals surface area contributed by atoms with Crippen LogP contribution in [0.15, 0.2) is 29.9 Å². The van der Waals surface area contributed by atoms with Crippen LogP contribution in [0.2, 0.25) is 0 Å². The van der Waals surface area contributed by atoms with Crippen molar-refractivity contribution in [2.45, 2.75) is 6.92 Å². The Balaban J connectivity index is 1.83. The van der Waals surface area contributed by atoms with Crippen LogP contribution in [0, 0.1) is 6.92 Å². The van der Waals surface area contributed by atoms with E-state index in [2.05, 4.69) is 20.3 Å². The summed E-state index contributed by atoms with van der Waals surface area (Å²) in [5.74, 6) is -0.235. The predicted molar refractivity (Wildman–Crippen MR) is 84.6 cm³/mol. The zero-order valence-corrected chi connectivity index (χ0v) is 12.7. The molecule has 0 aliphatic heterocycles. The second-order valence-electron chi connectivity index (χ2n) is 4.20. The summed E-state index contributed by atoms with van der Waals surface area (Å²) in [6.07, 6.45) is 3.13. The molecule has 0 aliphatic carbocycles. The van der Waals surface area contributed by atoms with E-state index in [4.69, 9.17) is 5.73 Å². The number of nitrogen functional groups attached to an aromatic ring is 1. The average molecular weight is 317 g/mol. The maximum absolute atomic E-state index is 12.1. The number of aromatic nitrogens is 3. The first-order chi connectivity index (χ1) is 10.1. The Morgan fingerprint density at radius 2 is 2.24 bits per heavy atom. The highest BCUT2D eigenvalue weighted by atomic mass is 32.1. The lowest BCUT2D eigenvalue weighted by molar-refractivity contribution is 0.102. The minimum Gasteiger partial charge on any atom is -0.375 e. The molecule has 0 aliphatic rings. The van der Waals surface area contributed by atoms with Crippen LogP contribution in [0.1, 0.15) is 16.1 Å². The second kappa shape index (κ2) is 5.58. The molecule has 0 aromatic carbocycles. The van der Waals surface area contributed by atoms with Gasteiger partial charge in [0.05, 0.1) is 21.8 Å². The molecule has 3 aromatic rings. The topological polar surface area (TPSA) is 93.8 Å². The Bertz CT molecular complexity index is 781. The summed E-state index contributed by atoms with van der Waals surface area (Å²) in [6.45, 7) is 1.88. The summed E-state index contributed by atoms with van der Waals surface area (Å²) >= 11 is 2.75. The number of amides is 1. The third-order valence-electron chi connectivity index (χ3n) is 2.70. The van der Waals surface area contributed by atoms with Gasteiger partial charge in [0.2, 0.25) is 0 Å². The van der Waals surface area contributed by atoms with Crippen LogP contribution in [0.4, 0.5) is 10.3 Å². The lowest BCUT2D eigenvalue weighted by atomic mass is 10.3. The van der Waals surface area contributed by atoms with Gasteiger partial charge in [-0.05, 0) is 19.1 Å². The monoisotopic (exact) mass is 317 g/mol. The minimum atomic E-state index is -0.235. The largest absolute Gasteiger partial charge is 0.375 e. The van der Waals surface area contributed by atoms with E-state index in [0.29, 0.717) is 15.8 Å². The number of anilines is 2. The van der Waals surface area contributed by atoms with E-state index in [1.807, 2.05) is 12.3 Å². The molecule has 21 heavy (non-hydrogen) atoms. The highest BCUT2D eigenvalue weighted by molar-refractivity contribution is 7.19. The molecule has 8 heteroatoms. The van der Waals surface area contributed by atoms with Gasteiger partial charge >= 0.3 is 0 Å². The van der Waals surface area contributed by atoms with Gasteiger partial charge in [-0.15, -0.1) is 11.3 Å². The van der Waals surface area contributed by atoms with Crippen LogP contribution in [0.5, 0.6) is 0 Å². The highest BCUT2D eigenvalue weighted by Crippen LogP contribution is 2.33. The summed E-state index contributed by atoms with van der Waals surface area (Å²) < 4.78 is 0. The third-order valence-corrected chi connectivity index (χ3v) is 4.46. The predicted octanol–water partition coefficient (Wildman–Crippen LogP) is 2.80. The van der Waals surface area contributed by atoms with E-state index in [1.165, 1.54) is 28.9 Å². The van der Waals surface area contributed by atoms with Crippen LogP contribution in [0.25, 0.3) is 10.6 Å². The average Bonchev–Trinajstić information content (AvgIpc) is 3.06. The van der Waals surface area contributed by atoms with Gasteiger partial charge in [-0.2, -0.15) is 0 Å². The van der Waals surface area contributed by atoms with Crippen molar-refractivity contribution in [2.75, 3.05) is 11.1 Å². The lowest BCUT2D eigenvalue weighted by Crippen LogP contribution is -2.11. The molecule has 106 valence electrons. The van der Waals surface area contributed by atoms with Gasteiger partial charge in [0, 0.05) is 17.8 Å². The van der Waals surface area contributed by atoms with E-state index in [-0.39, 0.29) is 5.91 Å². The first-order valence-corrected chi connectivity index (χ1v) is 7.73. The van der Waals surface area contributed by atoms with Gasteiger partial charge in [-0.1, -0.05) is 11.3 Å². The maximum atomic E-state index is 12.1. The number of nitrogens with one attached hydrogen (secondary N) is 1. The fourth-order valence-corrected chi connectivity index (χ4v) is 3.30. The number of rotatable bonds is 3. The number of carbonyl (C=O) groups excluding carboxylic acids is 1. The number of pyridine rings is 1. The van der Waals surface area contributed by atoms with E-state index >= 15 is 0 Å². The van der Waals surface area contributed by atoms with Gasteiger partial charge in [-0.3, -0.25) is 15.1 Å². The third kappa shape index (κ3) is 2.91. The zero-order valence-electron chi connectivity index (χ0n) is 11.0. The van der Waals surface area contributed by atoms with Crippen molar-refractivity contribution in [1.82, 2.24) is 15.0 Å². The van der Waals surface area contributed by atoms with Gasteiger partial charge in [0.25, 0.3) is 5.91 Å². The number of carbonyl (C=O) groups is 1. The molecule has 3 heterocycles. The number of thiazole rings is 2. The maximum Gasteiger partial charge on any atom is 0.259 e. The van der Waals surface area contributed by atoms with Crippen molar-refractivity contribution in [3.8, 4) is 10.6 Å². The molecular formula is C13H11N5OS2. The molecule has 0 bridgehead atoms. The number of hydrogen-bond donors (Lipinski definition) is 2. The van der Waals surface area contributed by atoms with E-state index < -0.39 is 0 Å². The molecule has 0 fully saturated rings. The Morgan fingerprint density at radius 3 is 2.90 bits per heavy atom. The standard InChI is InChI=1S/C13H11N5OS2/c1-7-10(9-6-20-12(14)17-9)21-13(16-7)18-11(19)8-3-2-4-15-5-8/h2-6H,1H3,(H2,14,17)(H,16,18,19). The fraction of sp³-hybridized carbons (Fsp3) is 0.0769. The summed E-state index contributed by atoms with van der Waals surface area (Å²) in [6, 6.07) is 3.41. The summed E-state index contributed by atoms with van der Waals surface area (Å²) in [7, 11) is 0. The van der Waals surface area contributed by atoms with Gasteiger partial charge < -0.3 is 5.73 Å². The van der Waals surface area contributed by atoms with E-state index in [9.17, 15) is 4.79 Å². The van der Waals surface area contributed by atoms with Gasteiger partial charge in [0.1, 0.15) is 0 Å². The summed E-state index contributed by atoms with van der Waals surface area (Å²) in [4.78, 5) is 25.5. The molecule has 0 spiro atoms. The quantitative estimate of drug-likeness (QED) is 0.774. The van der Waals surface area contributed by atoms with Crippen LogP contribution < -0.4 is 11.1 Å². The molecule has 1 amide bonds. The molecule has 0 atom stereocenters. The summed E-state index contributed by atoms with van der Waals surface area (Å²) in [5, 5.41) is 5.69. The molecule has 0 saturated heterocycles. The van der Waals surface area contributed by atoms with Crippen molar-refractivity contribution >= 4 is 38.8 Å². The molecule has 6 nitrogen and oxygen atoms in total.